The summed E-state index contributed by atoms with van der Waals surface area (Å²) in [5.74, 6) is 0.317. The van der Waals surface area contributed by atoms with Crippen molar-refractivity contribution in [1.29, 1.82) is 0 Å². The summed E-state index contributed by atoms with van der Waals surface area (Å²) in [5, 5.41) is 0. The zero-order chi connectivity index (χ0) is 9.00. The van der Waals surface area contributed by atoms with E-state index in [0.717, 1.165) is 12.0 Å². The van der Waals surface area contributed by atoms with E-state index < -0.39 is 0 Å². The maximum atomic E-state index is 11.6. The number of benzene rings is 1. The third kappa shape index (κ3) is 0.744. The average Bonchev–Trinajstić information content (AvgIpc) is 2.57. The Morgan fingerprint density at radius 3 is 2.62 bits per heavy atom. The average molecular weight is 170 g/mol. The maximum absolute atomic E-state index is 11.6. The third-order valence-corrected chi connectivity index (χ3v) is 3.00. The van der Waals surface area contributed by atoms with Gasteiger partial charge in [-0.25, -0.2) is 0 Å². The van der Waals surface area contributed by atoms with E-state index in [0.29, 0.717) is 12.2 Å². The number of Topliss-reactive ketones (excluding diaryl/α,β-unsaturated/α-hetero) is 1. The second kappa shape index (κ2) is 2.11. The van der Waals surface area contributed by atoms with Crippen LogP contribution >= 0.6 is 0 Å². The Balaban J connectivity index is 2.40. The molecule has 0 amide bonds. The molecule has 13 heavy (non-hydrogen) atoms. The summed E-state index contributed by atoms with van der Waals surface area (Å²) in [7, 11) is 0. The first kappa shape index (κ1) is 7.07. The molecule has 0 saturated carbocycles. The fourth-order valence-electron chi connectivity index (χ4n) is 2.50. The zero-order valence-corrected chi connectivity index (χ0v) is 7.55. The monoisotopic (exact) mass is 170 g/mol. The Kier molecular flexibility index (Phi) is 1.15. The quantitative estimate of drug-likeness (QED) is 0.583. The van der Waals surface area contributed by atoms with Gasteiger partial charge in [0, 0.05) is 12.0 Å². The predicted octanol–water partition coefficient (Wildman–Crippen LogP) is 2.14. The lowest BCUT2D eigenvalue weighted by atomic mass is 10.1. The van der Waals surface area contributed by atoms with Crippen LogP contribution in [0.4, 0.5) is 0 Å². The summed E-state index contributed by atoms with van der Waals surface area (Å²) in [6.07, 6.45) is 1.60. The Morgan fingerprint density at radius 1 is 1.15 bits per heavy atom. The van der Waals surface area contributed by atoms with E-state index in [-0.39, 0.29) is 0 Å². The van der Waals surface area contributed by atoms with E-state index in [1.807, 2.05) is 0 Å². The lowest BCUT2D eigenvalue weighted by Gasteiger charge is -1.99. The Labute approximate surface area is 77.1 Å². The highest BCUT2D eigenvalue weighted by Gasteiger charge is 2.32. The molecular weight excluding hydrogens is 160 g/mol. The van der Waals surface area contributed by atoms with Gasteiger partial charge in [0.15, 0.2) is 5.78 Å². The van der Waals surface area contributed by atoms with Crippen molar-refractivity contribution in [3.8, 4) is 0 Å². The van der Waals surface area contributed by atoms with Crippen molar-refractivity contribution in [1.82, 2.24) is 0 Å². The minimum Gasteiger partial charge on any atom is -0.294 e. The Bertz CT molecular complexity index is 452. The highest BCUT2D eigenvalue weighted by molar-refractivity contribution is 6.27. The van der Waals surface area contributed by atoms with E-state index in [2.05, 4.69) is 25.1 Å². The van der Waals surface area contributed by atoms with Crippen LogP contribution in [0.15, 0.2) is 23.8 Å². The van der Waals surface area contributed by atoms with Crippen LogP contribution in [0, 0.1) is 0 Å². The second-order valence-corrected chi connectivity index (χ2v) is 3.88. The maximum Gasteiger partial charge on any atom is 0.167 e. The lowest BCUT2D eigenvalue weighted by molar-refractivity contribution is -0.112. The van der Waals surface area contributed by atoms with Crippen LogP contribution < -0.4 is 0 Å². The van der Waals surface area contributed by atoms with Crippen molar-refractivity contribution in [2.75, 3.05) is 0 Å². The van der Waals surface area contributed by atoms with Crippen LogP contribution in [0.3, 0.4) is 0 Å². The minimum absolute atomic E-state index is 0.317. The summed E-state index contributed by atoms with van der Waals surface area (Å²) >= 11 is 0. The number of carbonyl (C=O) groups excluding carboxylic acids is 1. The molecule has 1 nitrogen and oxygen atoms in total. The molecule has 0 N–H and O–H groups in total. The van der Waals surface area contributed by atoms with E-state index in [1.54, 1.807) is 0 Å². The molecule has 0 aromatic heterocycles. The Hall–Kier alpha value is -1.37. The van der Waals surface area contributed by atoms with Crippen LogP contribution in [-0.2, 0) is 17.6 Å². The third-order valence-electron chi connectivity index (χ3n) is 3.00. The first-order valence-corrected chi connectivity index (χ1v) is 4.61. The van der Waals surface area contributed by atoms with E-state index in [9.17, 15) is 4.79 Å². The van der Waals surface area contributed by atoms with Crippen LogP contribution in [0.2, 0.25) is 0 Å². The first-order chi connectivity index (χ1) is 6.27. The molecule has 0 saturated heterocycles. The van der Waals surface area contributed by atoms with Gasteiger partial charge in [-0.3, -0.25) is 4.79 Å². The number of ketones is 1. The van der Waals surface area contributed by atoms with Crippen LogP contribution in [0.5, 0.6) is 0 Å². The molecule has 1 heteroatoms. The van der Waals surface area contributed by atoms with Crippen molar-refractivity contribution in [3.63, 3.8) is 0 Å². The Morgan fingerprint density at radius 2 is 1.85 bits per heavy atom. The van der Waals surface area contributed by atoms with Gasteiger partial charge >= 0.3 is 0 Å². The number of allylic oxidation sites excluding steroid dienone is 2. The van der Waals surface area contributed by atoms with Crippen LogP contribution in [0.25, 0.3) is 5.57 Å². The van der Waals surface area contributed by atoms with Gasteiger partial charge in [0.25, 0.3) is 0 Å². The van der Waals surface area contributed by atoms with Crippen molar-refractivity contribution in [3.05, 3.63) is 40.5 Å². The predicted molar refractivity (Wildman–Crippen MR) is 51.5 cm³/mol. The van der Waals surface area contributed by atoms with Crippen LogP contribution in [0.1, 0.15) is 23.6 Å². The molecule has 0 atom stereocenters. The molecule has 0 unspecified atom stereocenters. The molecule has 0 aliphatic heterocycles. The molecule has 0 fully saturated rings. The fraction of sp³-hybridized carbons (Fsp3) is 0.250. The summed E-state index contributed by atoms with van der Waals surface area (Å²) < 4.78 is 0. The van der Waals surface area contributed by atoms with Crippen LogP contribution in [-0.4, -0.2) is 5.78 Å². The number of carbonyl (C=O) groups is 1. The van der Waals surface area contributed by atoms with Gasteiger partial charge in [-0.15, -0.1) is 0 Å². The molecule has 64 valence electrons. The highest BCUT2D eigenvalue weighted by atomic mass is 16.1. The van der Waals surface area contributed by atoms with E-state index >= 15 is 0 Å². The SMILES string of the molecule is CC1=C2C(=O)Cc3cccc(c32)C1. The van der Waals surface area contributed by atoms with Crippen molar-refractivity contribution in [2.24, 2.45) is 0 Å². The summed E-state index contributed by atoms with van der Waals surface area (Å²) in [4.78, 5) is 11.6. The van der Waals surface area contributed by atoms with E-state index in [4.69, 9.17) is 0 Å². The van der Waals surface area contributed by atoms with Gasteiger partial charge in [0.05, 0.1) is 0 Å². The van der Waals surface area contributed by atoms with Gasteiger partial charge in [-0.2, -0.15) is 0 Å². The van der Waals surface area contributed by atoms with Crippen molar-refractivity contribution < 1.29 is 4.79 Å². The molecule has 0 bridgehead atoms. The smallest absolute Gasteiger partial charge is 0.167 e. The number of hydrogen-bond acceptors (Lipinski definition) is 1. The molecule has 0 spiro atoms. The number of hydrogen-bond donors (Lipinski definition) is 0. The second-order valence-electron chi connectivity index (χ2n) is 3.88. The molecule has 0 radical (unpaired) electrons. The zero-order valence-electron chi connectivity index (χ0n) is 7.55. The fourth-order valence-corrected chi connectivity index (χ4v) is 2.50. The highest BCUT2D eigenvalue weighted by Crippen LogP contribution is 2.40. The van der Waals surface area contributed by atoms with Gasteiger partial charge in [0.1, 0.15) is 0 Å². The molecule has 1 aromatic carbocycles. The van der Waals surface area contributed by atoms with Gasteiger partial charge < -0.3 is 0 Å². The van der Waals surface area contributed by atoms with Crippen molar-refractivity contribution >= 4 is 11.4 Å². The molecule has 0 heterocycles. The lowest BCUT2D eigenvalue weighted by Crippen LogP contribution is -1.95. The summed E-state index contributed by atoms with van der Waals surface area (Å²) in [6, 6.07) is 6.26. The molecule has 1 aromatic rings. The normalized spacial score (nSPS) is 18.4. The summed E-state index contributed by atoms with van der Waals surface area (Å²) in [5.41, 5.74) is 6.10. The minimum atomic E-state index is 0.317. The topological polar surface area (TPSA) is 17.1 Å². The summed E-state index contributed by atoms with van der Waals surface area (Å²) in [6.45, 7) is 2.07. The molecule has 2 aliphatic rings. The van der Waals surface area contributed by atoms with Gasteiger partial charge in [0.2, 0.25) is 0 Å². The van der Waals surface area contributed by atoms with Gasteiger partial charge in [-0.05, 0) is 30.0 Å². The van der Waals surface area contributed by atoms with E-state index in [1.165, 1.54) is 22.3 Å². The number of rotatable bonds is 0. The van der Waals surface area contributed by atoms with Gasteiger partial charge in [-0.1, -0.05) is 23.8 Å². The van der Waals surface area contributed by atoms with Crippen molar-refractivity contribution in [2.45, 2.75) is 19.8 Å². The molecular formula is C12H10O. The molecule has 3 rings (SSSR count). The standard InChI is InChI=1S/C12H10O/c1-7-5-8-3-2-4-9-6-10(13)11(7)12(8)9/h2-4H,5-6H2,1H3. The first-order valence-electron chi connectivity index (χ1n) is 4.61. The largest absolute Gasteiger partial charge is 0.294 e. The molecule has 2 aliphatic carbocycles.